The number of H-pyrrole nitrogens is 1. The van der Waals surface area contributed by atoms with Crippen LogP contribution in [0.15, 0.2) is 38.9 Å². The summed E-state index contributed by atoms with van der Waals surface area (Å²) in [5.74, 6) is 0.720. The van der Waals surface area contributed by atoms with Gasteiger partial charge in [0, 0.05) is 4.47 Å². The second kappa shape index (κ2) is 5.46. The van der Waals surface area contributed by atoms with E-state index in [0.29, 0.717) is 11.2 Å². The molecule has 0 saturated heterocycles. The molecular formula is C15H11BrN2O2S. The average molecular weight is 363 g/mol. The van der Waals surface area contributed by atoms with Gasteiger partial charge in [-0.05, 0) is 53.8 Å². The summed E-state index contributed by atoms with van der Waals surface area (Å²) in [4.78, 5) is 19.9. The Morgan fingerprint density at radius 1 is 1.43 bits per heavy atom. The van der Waals surface area contributed by atoms with Crippen molar-refractivity contribution in [2.24, 2.45) is 0 Å². The lowest BCUT2D eigenvalue weighted by Crippen LogP contribution is -2.09. The molecule has 21 heavy (non-hydrogen) atoms. The number of phenolic OH excluding ortho intramolecular Hbond substituents is 1. The van der Waals surface area contributed by atoms with E-state index in [4.69, 9.17) is 0 Å². The summed E-state index contributed by atoms with van der Waals surface area (Å²) in [5, 5.41) is 12.0. The van der Waals surface area contributed by atoms with Crippen molar-refractivity contribution in [1.82, 2.24) is 9.97 Å². The zero-order valence-electron chi connectivity index (χ0n) is 11.1. The van der Waals surface area contributed by atoms with Gasteiger partial charge in [0.15, 0.2) is 0 Å². The summed E-state index contributed by atoms with van der Waals surface area (Å²) in [5.41, 5.74) is 1.49. The number of nitrogens with one attached hydrogen (secondary N) is 1. The van der Waals surface area contributed by atoms with Crippen LogP contribution in [-0.2, 0) is 0 Å². The minimum Gasteiger partial charge on any atom is -0.508 e. The van der Waals surface area contributed by atoms with E-state index in [9.17, 15) is 9.90 Å². The number of hydrogen-bond donors (Lipinski definition) is 2. The van der Waals surface area contributed by atoms with Crippen molar-refractivity contribution < 1.29 is 5.11 Å². The number of phenols is 1. The van der Waals surface area contributed by atoms with Crippen LogP contribution in [0, 0.1) is 0 Å². The first-order valence-corrected chi connectivity index (χ1v) is 7.86. The average Bonchev–Trinajstić information content (AvgIpc) is 2.91. The van der Waals surface area contributed by atoms with E-state index >= 15 is 0 Å². The Morgan fingerprint density at radius 2 is 2.24 bits per heavy atom. The van der Waals surface area contributed by atoms with Crippen molar-refractivity contribution in [2.75, 3.05) is 0 Å². The molecule has 6 heteroatoms. The Bertz CT molecular complexity index is 911. The van der Waals surface area contributed by atoms with E-state index in [1.54, 1.807) is 24.3 Å². The summed E-state index contributed by atoms with van der Waals surface area (Å²) in [7, 11) is 0. The normalized spacial score (nSPS) is 12.0. The number of aromatic amines is 1. The highest BCUT2D eigenvalue weighted by Crippen LogP contribution is 2.26. The van der Waals surface area contributed by atoms with Crippen LogP contribution < -0.4 is 5.56 Å². The van der Waals surface area contributed by atoms with Crippen molar-refractivity contribution in [3.8, 4) is 5.75 Å². The molecule has 0 radical (unpaired) electrons. The number of thiophene rings is 1. The molecule has 0 fully saturated rings. The number of hydrogen-bond acceptors (Lipinski definition) is 4. The molecule has 0 unspecified atom stereocenters. The van der Waals surface area contributed by atoms with Crippen LogP contribution in [-0.4, -0.2) is 15.1 Å². The fraction of sp³-hybridized carbons (Fsp3) is 0.0667. The first-order valence-electron chi connectivity index (χ1n) is 6.19. The van der Waals surface area contributed by atoms with E-state index in [2.05, 4.69) is 25.9 Å². The maximum absolute atomic E-state index is 12.0. The molecule has 3 rings (SSSR count). The number of allylic oxidation sites excluding steroid dienone is 1. The van der Waals surface area contributed by atoms with Crippen molar-refractivity contribution in [2.45, 2.75) is 6.92 Å². The number of halogens is 1. The molecule has 0 bridgehead atoms. The van der Waals surface area contributed by atoms with Crippen LogP contribution in [0.2, 0.25) is 0 Å². The van der Waals surface area contributed by atoms with Crippen LogP contribution in [0.4, 0.5) is 0 Å². The Balaban J connectivity index is 2.11. The molecule has 0 aliphatic rings. The second-order valence-corrected chi connectivity index (χ2v) is 6.34. The Labute approximate surface area is 132 Å². The SMILES string of the molecule is CC(=Cc1cc(O)ccc1Br)c1nc2sccc2c(=O)[nH]1. The van der Waals surface area contributed by atoms with Gasteiger partial charge >= 0.3 is 0 Å². The van der Waals surface area contributed by atoms with E-state index < -0.39 is 0 Å². The van der Waals surface area contributed by atoms with Crippen LogP contribution in [0.1, 0.15) is 18.3 Å². The summed E-state index contributed by atoms with van der Waals surface area (Å²) >= 11 is 4.87. The van der Waals surface area contributed by atoms with Gasteiger partial charge < -0.3 is 10.1 Å². The van der Waals surface area contributed by atoms with Crippen LogP contribution in [0.5, 0.6) is 5.75 Å². The van der Waals surface area contributed by atoms with Gasteiger partial charge in [0.1, 0.15) is 16.4 Å². The second-order valence-electron chi connectivity index (χ2n) is 4.59. The van der Waals surface area contributed by atoms with Crippen LogP contribution >= 0.6 is 27.3 Å². The number of nitrogens with zero attached hydrogens (tertiary/aromatic N) is 1. The first-order chi connectivity index (χ1) is 10.0. The number of benzene rings is 1. The minimum absolute atomic E-state index is 0.140. The predicted molar refractivity (Wildman–Crippen MR) is 89.6 cm³/mol. The maximum atomic E-state index is 12.0. The fourth-order valence-corrected chi connectivity index (χ4v) is 3.12. The third-order valence-electron chi connectivity index (χ3n) is 3.06. The number of aromatic hydroxyl groups is 1. The fourth-order valence-electron chi connectivity index (χ4n) is 2.00. The Morgan fingerprint density at radius 3 is 3.05 bits per heavy atom. The molecule has 3 aromatic rings. The lowest BCUT2D eigenvalue weighted by atomic mass is 10.1. The largest absolute Gasteiger partial charge is 0.508 e. The molecule has 0 saturated carbocycles. The molecule has 2 aromatic heterocycles. The highest BCUT2D eigenvalue weighted by Gasteiger charge is 2.07. The van der Waals surface area contributed by atoms with Gasteiger partial charge in [-0.1, -0.05) is 15.9 Å². The first kappa shape index (κ1) is 14.0. The Hall–Kier alpha value is -1.92. The van der Waals surface area contributed by atoms with Gasteiger partial charge in [-0.25, -0.2) is 4.98 Å². The van der Waals surface area contributed by atoms with Crippen LogP contribution in [0.25, 0.3) is 21.9 Å². The molecule has 0 atom stereocenters. The zero-order chi connectivity index (χ0) is 15.0. The molecule has 1 aromatic carbocycles. The summed E-state index contributed by atoms with van der Waals surface area (Å²) in [6.45, 7) is 1.87. The van der Waals surface area contributed by atoms with Gasteiger partial charge in [0.25, 0.3) is 5.56 Å². The van der Waals surface area contributed by atoms with Crippen molar-refractivity contribution in [3.63, 3.8) is 0 Å². The lowest BCUT2D eigenvalue weighted by molar-refractivity contribution is 0.475. The van der Waals surface area contributed by atoms with Crippen molar-refractivity contribution in [3.05, 3.63) is 55.9 Å². The molecule has 2 N–H and O–H groups in total. The smallest absolute Gasteiger partial charge is 0.259 e. The summed E-state index contributed by atoms with van der Waals surface area (Å²) < 4.78 is 0.860. The number of rotatable bonds is 2. The van der Waals surface area contributed by atoms with Crippen LogP contribution in [0.3, 0.4) is 0 Å². The van der Waals surface area contributed by atoms with E-state index in [0.717, 1.165) is 20.4 Å². The van der Waals surface area contributed by atoms with Gasteiger partial charge in [0.05, 0.1) is 5.39 Å². The Kier molecular flexibility index (Phi) is 3.65. The topological polar surface area (TPSA) is 66.0 Å². The van der Waals surface area contributed by atoms with Crippen molar-refractivity contribution >= 4 is 49.1 Å². The quantitative estimate of drug-likeness (QED) is 0.723. The molecule has 0 aliphatic carbocycles. The third-order valence-corrected chi connectivity index (χ3v) is 4.59. The number of fused-ring (bicyclic) bond motifs is 1. The minimum atomic E-state index is -0.140. The zero-order valence-corrected chi connectivity index (χ0v) is 13.5. The van der Waals surface area contributed by atoms with Gasteiger partial charge in [-0.3, -0.25) is 4.79 Å². The van der Waals surface area contributed by atoms with E-state index in [-0.39, 0.29) is 11.3 Å². The van der Waals surface area contributed by atoms with Gasteiger partial charge in [-0.2, -0.15) is 0 Å². The van der Waals surface area contributed by atoms with E-state index in [1.165, 1.54) is 11.3 Å². The number of aromatic nitrogens is 2. The monoisotopic (exact) mass is 362 g/mol. The molecule has 2 heterocycles. The molecule has 106 valence electrons. The summed E-state index contributed by atoms with van der Waals surface area (Å²) in [6.07, 6.45) is 1.86. The maximum Gasteiger partial charge on any atom is 0.259 e. The summed E-state index contributed by atoms with van der Waals surface area (Å²) in [6, 6.07) is 6.79. The molecule has 0 amide bonds. The van der Waals surface area contributed by atoms with Gasteiger partial charge in [0.2, 0.25) is 0 Å². The standard InChI is InChI=1S/C15H11BrN2O2S/c1-8(6-9-7-10(19)2-3-12(9)16)13-17-14(20)11-4-5-21-15(11)18-13/h2-7,19H,1H3,(H,17,18,20). The third kappa shape index (κ3) is 2.77. The molecule has 0 aliphatic heterocycles. The molecular weight excluding hydrogens is 352 g/mol. The molecule has 4 nitrogen and oxygen atoms in total. The van der Waals surface area contributed by atoms with E-state index in [1.807, 2.05) is 18.4 Å². The molecule has 0 spiro atoms. The van der Waals surface area contributed by atoms with Gasteiger partial charge in [-0.15, -0.1) is 11.3 Å². The lowest BCUT2D eigenvalue weighted by Gasteiger charge is -2.04. The van der Waals surface area contributed by atoms with Crippen molar-refractivity contribution in [1.29, 1.82) is 0 Å². The highest BCUT2D eigenvalue weighted by molar-refractivity contribution is 9.10. The highest BCUT2D eigenvalue weighted by atomic mass is 79.9. The predicted octanol–water partition coefficient (Wildman–Crippen LogP) is 4.01.